The molecule has 8 nitrogen and oxygen atoms in total. The maximum absolute atomic E-state index is 13.8. The van der Waals surface area contributed by atoms with Crippen LogP contribution in [0.25, 0.3) is 10.9 Å². The number of nitrogens with zero attached hydrogens (tertiary/aromatic N) is 2. The lowest BCUT2D eigenvalue weighted by atomic mass is 9.72. The van der Waals surface area contributed by atoms with Gasteiger partial charge in [-0.05, 0) is 88.4 Å². The van der Waals surface area contributed by atoms with Crippen molar-refractivity contribution in [3.63, 3.8) is 0 Å². The molecule has 5 rings (SSSR count). The minimum absolute atomic E-state index is 0.0859. The number of fused-ring (bicyclic) bond motifs is 4. The molecule has 49 heavy (non-hydrogen) atoms. The lowest BCUT2D eigenvalue weighted by Gasteiger charge is -2.52. The standard InChI is InChI=1S/C31H37F9N4O4S/c1-27(2,3)43-26(46)48-24(20-7-10-41-22-6-5-19(47-4)14-21(20)22)23-13-17-8-11-44(23)15-18(17)9-12-49-16-42-25(45)28(32,33)29(34,35)30(36,37)31(38,39)40/h5-7,10,14,17-18,23-24H,8-9,11-13,15-16H2,1-4H3,(H,42,45)(H,43,46)/t17?,18?,23-,24-/m0/s1. The second-order valence-corrected chi connectivity index (χ2v) is 14.3. The van der Waals surface area contributed by atoms with E-state index in [4.69, 9.17) is 9.47 Å². The zero-order chi connectivity index (χ0) is 36.6. The first-order valence-corrected chi connectivity index (χ1v) is 16.5. The van der Waals surface area contributed by atoms with Gasteiger partial charge in [0.2, 0.25) is 0 Å². The van der Waals surface area contributed by atoms with E-state index in [0.29, 0.717) is 37.2 Å². The Labute approximate surface area is 280 Å². The molecule has 18 heteroatoms. The van der Waals surface area contributed by atoms with E-state index >= 15 is 0 Å². The minimum Gasteiger partial charge on any atom is -0.497 e. The molecule has 3 saturated heterocycles. The summed E-state index contributed by atoms with van der Waals surface area (Å²) in [5.74, 6) is -23.1. The van der Waals surface area contributed by atoms with Crippen LogP contribution >= 0.6 is 11.8 Å². The largest absolute Gasteiger partial charge is 0.497 e. The van der Waals surface area contributed by atoms with E-state index in [1.54, 1.807) is 24.4 Å². The smallest absolute Gasteiger partial charge is 0.460 e. The van der Waals surface area contributed by atoms with Crippen molar-refractivity contribution in [3.05, 3.63) is 36.0 Å². The van der Waals surface area contributed by atoms with Crippen LogP contribution in [0.1, 0.15) is 51.7 Å². The summed E-state index contributed by atoms with van der Waals surface area (Å²) in [4.78, 5) is 31.3. The number of carbonyl (C=O) groups excluding carboxylic acids is 2. The number of pyridine rings is 1. The van der Waals surface area contributed by atoms with Gasteiger partial charge in [-0.1, -0.05) is 0 Å². The quantitative estimate of drug-likeness (QED) is 0.136. The highest BCUT2D eigenvalue weighted by Gasteiger charge is 2.83. The number of thioether (sulfide) groups is 1. The summed E-state index contributed by atoms with van der Waals surface area (Å²) in [5, 5.41) is 4.92. The summed E-state index contributed by atoms with van der Waals surface area (Å²) in [5.41, 5.74) is 0.852. The molecule has 3 aliphatic rings. The molecule has 1 aromatic heterocycles. The molecule has 2 bridgehead atoms. The molecule has 0 aliphatic carbocycles. The number of hydrogen-bond acceptors (Lipinski definition) is 7. The van der Waals surface area contributed by atoms with Crippen LogP contribution < -0.4 is 15.4 Å². The number of aromatic nitrogens is 1. The first-order valence-electron chi connectivity index (χ1n) is 15.3. The summed E-state index contributed by atoms with van der Waals surface area (Å²) in [6.45, 7) is 6.75. The van der Waals surface area contributed by atoms with Crippen LogP contribution in [0.15, 0.2) is 30.5 Å². The molecule has 3 aliphatic heterocycles. The van der Waals surface area contributed by atoms with Crippen LogP contribution in [0.4, 0.5) is 44.3 Å². The molecule has 2 N–H and O–H groups in total. The van der Waals surface area contributed by atoms with E-state index in [1.165, 1.54) is 12.4 Å². The SMILES string of the molecule is COc1ccc2nccc([C@H](OC(=O)NC(C)(C)C)[C@@H]3CC4CCN3CC4CCSCNC(=O)C(F)(F)C(F)(F)C(F)(F)C(F)(F)F)c2c1. The third kappa shape index (κ3) is 8.10. The van der Waals surface area contributed by atoms with Crippen molar-refractivity contribution in [2.45, 2.75) is 81.7 Å². The molecule has 0 spiro atoms. The fraction of sp³-hybridized carbons (Fsp3) is 0.645. The van der Waals surface area contributed by atoms with Gasteiger partial charge in [-0.25, -0.2) is 4.79 Å². The normalized spacial score (nSPS) is 22.5. The number of alkyl halides is 9. The highest BCUT2D eigenvalue weighted by atomic mass is 32.2. The van der Waals surface area contributed by atoms with Gasteiger partial charge in [-0.3, -0.25) is 14.7 Å². The van der Waals surface area contributed by atoms with Crippen LogP contribution in [0, 0.1) is 11.8 Å². The number of ether oxygens (including phenoxy) is 2. The number of hydrogen-bond donors (Lipinski definition) is 2. The highest BCUT2D eigenvalue weighted by Crippen LogP contribution is 2.53. The number of alkyl carbamates (subject to hydrolysis) is 1. The van der Waals surface area contributed by atoms with E-state index in [2.05, 4.69) is 15.2 Å². The number of methoxy groups -OCH3 is 1. The van der Waals surface area contributed by atoms with Crippen molar-refractivity contribution in [2.24, 2.45) is 11.8 Å². The number of piperidine rings is 3. The zero-order valence-corrected chi connectivity index (χ0v) is 27.8. The fourth-order valence-electron chi connectivity index (χ4n) is 6.20. The van der Waals surface area contributed by atoms with Gasteiger partial charge in [0.1, 0.15) is 11.9 Å². The zero-order valence-electron chi connectivity index (χ0n) is 27.0. The number of benzene rings is 1. The Morgan fingerprint density at radius 3 is 2.33 bits per heavy atom. The molecule has 0 radical (unpaired) electrons. The average Bonchev–Trinajstić information content (AvgIpc) is 3.01. The maximum Gasteiger partial charge on any atom is 0.460 e. The Kier molecular flexibility index (Phi) is 11.2. The van der Waals surface area contributed by atoms with Crippen LogP contribution in [0.2, 0.25) is 0 Å². The first kappa shape index (κ1) is 38.6. The van der Waals surface area contributed by atoms with E-state index in [0.717, 1.165) is 29.1 Å². The van der Waals surface area contributed by atoms with E-state index < -0.39 is 53.5 Å². The predicted octanol–water partition coefficient (Wildman–Crippen LogP) is 7.18. The van der Waals surface area contributed by atoms with Crippen molar-refractivity contribution in [3.8, 4) is 5.75 Å². The van der Waals surface area contributed by atoms with Gasteiger partial charge in [0.15, 0.2) is 0 Å². The molecule has 274 valence electrons. The number of rotatable bonds is 12. The molecular weight excluding hydrogens is 695 g/mol. The Hall–Kier alpha value is -3.15. The number of carbonyl (C=O) groups is 2. The van der Waals surface area contributed by atoms with E-state index in [9.17, 15) is 49.1 Å². The van der Waals surface area contributed by atoms with Crippen LogP contribution in [0.3, 0.4) is 0 Å². The lowest BCUT2D eigenvalue weighted by molar-refractivity contribution is -0.388. The van der Waals surface area contributed by atoms with Gasteiger partial charge < -0.3 is 20.1 Å². The Bertz CT molecular complexity index is 1510. The Morgan fingerprint density at radius 2 is 1.73 bits per heavy atom. The first-order chi connectivity index (χ1) is 22.6. The molecule has 0 saturated carbocycles. The van der Waals surface area contributed by atoms with Gasteiger partial charge in [0, 0.05) is 29.2 Å². The summed E-state index contributed by atoms with van der Waals surface area (Å²) in [6, 6.07) is 6.98. The van der Waals surface area contributed by atoms with Gasteiger partial charge in [-0.2, -0.15) is 39.5 Å². The predicted molar refractivity (Wildman–Crippen MR) is 163 cm³/mol. The Morgan fingerprint density at radius 1 is 1.04 bits per heavy atom. The van der Waals surface area contributed by atoms with Crippen molar-refractivity contribution in [1.82, 2.24) is 20.5 Å². The fourth-order valence-corrected chi connectivity index (χ4v) is 7.04. The number of amides is 2. The lowest BCUT2D eigenvalue weighted by Crippen LogP contribution is -2.65. The summed E-state index contributed by atoms with van der Waals surface area (Å²) in [6.07, 6.45) is -4.74. The van der Waals surface area contributed by atoms with Crippen LogP contribution in [-0.4, -0.2) is 89.2 Å². The molecule has 2 amide bonds. The van der Waals surface area contributed by atoms with Gasteiger partial charge >= 0.3 is 30.0 Å². The summed E-state index contributed by atoms with van der Waals surface area (Å²) < 4.78 is 130. The average molecular weight is 733 g/mol. The molecule has 3 fully saturated rings. The highest BCUT2D eigenvalue weighted by molar-refractivity contribution is 7.99. The monoisotopic (exact) mass is 732 g/mol. The second-order valence-electron chi connectivity index (χ2n) is 13.2. The third-order valence-corrected chi connectivity index (χ3v) is 9.56. The van der Waals surface area contributed by atoms with E-state index in [-0.39, 0.29) is 23.6 Å². The molecule has 1 aromatic carbocycles. The van der Waals surface area contributed by atoms with E-state index in [1.807, 2.05) is 26.8 Å². The van der Waals surface area contributed by atoms with Crippen molar-refractivity contribution in [2.75, 3.05) is 31.8 Å². The molecule has 5 atom stereocenters. The molecule has 3 unspecified atom stereocenters. The van der Waals surface area contributed by atoms with Gasteiger partial charge in [0.05, 0.1) is 24.5 Å². The molecule has 2 aromatic rings. The second kappa shape index (κ2) is 14.2. The topological polar surface area (TPSA) is 92.8 Å². The summed E-state index contributed by atoms with van der Waals surface area (Å²) >= 11 is 0.830. The summed E-state index contributed by atoms with van der Waals surface area (Å²) in [7, 11) is 1.54. The van der Waals surface area contributed by atoms with Crippen molar-refractivity contribution >= 4 is 34.7 Å². The van der Waals surface area contributed by atoms with Crippen LogP contribution in [0.5, 0.6) is 5.75 Å². The van der Waals surface area contributed by atoms with Gasteiger partial charge in [-0.15, -0.1) is 11.8 Å². The Balaban J connectivity index is 1.40. The molecular formula is C31H37F9N4O4S. The number of halogens is 9. The van der Waals surface area contributed by atoms with Crippen molar-refractivity contribution in [1.29, 1.82) is 0 Å². The third-order valence-electron chi connectivity index (χ3n) is 8.68. The van der Waals surface area contributed by atoms with Crippen LogP contribution in [-0.2, 0) is 9.53 Å². The minimum atomic E-state index is -7.14. The molecule has 4 heterocycles. The van der Waals surface area contributed by atoms with Gasteiger partial charge in [0.25, 0.3) is 5.91 Å². The maximum atomic E-state index is 13.8. The number of nitrogens with one attached hydrogen (secondary N) is 2. The van der Waals surface area contributed by atoms with Crippen molar-refractivity contribution < 1.29 is 58.6 Å².